The lowest BCUT2D eigenvalue weighted by atomic mass is 10.1. The van der Waals surface area contributed by atoms with E-state index in [4.69, 9.17) is 16.3 Å². The van der Waals surface area contributed by atoms with Gasteiger partial charge in [-0.25, -0.2) is 9.48 Å². The number of halogens is 1. The van der Waals surface area contributed by atoms with Gasteiger partial charge >= 0.3 is 5.97 Å². The quantitative estimate of drug-likeness (QED) is 0.911. The molecule has 2 aromatic rings. The summed E-state index contributed by atoms with van der Waals surface area (Å²) >= 11 is 5.90. The van der Waals surface area contributed by atoms with Crippen molar-refractivity contribution in [2.45, 2.75) is 32.4 Å². The molecule has 0 saturated carbocycles. The Morgan fingerprint density at radius 3 is 2.81 bits per heavy atom. The van der Waals surface area contributed by atoms with Crippen LogP contribution in [0.4, 0.5) is 0 Å². The van der Waals surface area contributed by atoms with Crippen LogP contribution in [0.15, 0.2) is 24.3 Å². The number of benzene rings is 1. The first-order valence-electron chi connectivity index (χ1n) is 6.26. The van der Waals surface area contributed by atoms with Gasteiger partial charge in [0, 0.05) is 5.02 Å². The molecular formula is C13H15ClN4O3. The van der Waals surface area contributed by atoms with Crippen LogP contribution < -0.4 is 4.74 Å². The number of nitrogens with zero attached hydrogens (tertiary/aromatic N) is 4. The van der Waals surface area contributed by atoms with Gasteiger partial charge in [-0.15, -0.1) is 5.10 Å². The number of rotatable bonds is 5. The molecule has 0 aliphatic carbocycles. The summed E-state index contributed by atoms with van der Waals surface area (Å²) in [6.45, 7) is 4.77. The van der Waals surface area contributed by atoms with Crippen LogP contribution in [0.25, 0.3) is 0 Å². The number of aliphatic carboxylic acids is 1. The highest BCUT2D eigenvalue weighted by molar-refractivity contribution is 6.30. The average molecular weight is 311 g/mol. The summed E-state index contributed by atoms with van der Waals surface area (Å²) in [6.07, 6.45) is -0.530. The van der Waals surface area contributed by atoms with Crippen molar-refractivity contribution >= 4 is 17.6 Å². The molecule has 7 nitrogen and oxygen atoms in total. The van der Waals surface area contributed by atoms with Crippen molar-refractivity contribution in [1.29, 1.82) is 0 Å². The summed E-state index contributed by atoms with van der Waals surface area (Å²) in [5, 5.41) is 21.0. The highest BCUT2D eigenvalue weighted by Gasteiger charge is 2.35. The third-order valence-electron chi connectivity index (χ3n) is 3.02. The highest BCUT2D eigenvalue weighted by Crippen LogP contribution is 2.25. The molecule has 1 N–H and O–H groups in total. The second kappa shape index (κ2) is 5.69. The predicted molar refractivity (Wildman–Crippen MR) is 75.3 cm³/mol. The Labute approximate surface area is 126 Å². The van der Waals surface area contributed by atoms with E-state index in [1.807, 2.05) is 0 Å². The topological polar surface area (TPSA) is 90.1 Å². The number of tetrazole rings is 1. The molecule has 1 atom stereocenters. The van der Waals surface area contributed by atoms with Gasteiger partial charge in [0.15, 0.2) is 17.5 Å². The van der Waals surface area contributed by atoms with E-state index < -0.39 is 17.6 Å². The molecule has 0 fully saturated rings. The van der Waals surface area contributed by atoms with Gasteiger partial charge in [-0.3, -0.25) is 0 Å². The predicted octanol–water partition coefficient (Wildman–Crippen LogP) is 2.29. The molecule has 0 spiro atoms. The normalized spacial score (nSPS) is 13.0. The number of carboxylic acids is 1. The number of aromatic nitrogens is 4. The molecule has 0 aliphatic heterocycles. The van der Waals surface area contributed by atoms with Crippen molar-refractivity contribution < 1.29 is 14.6 Å². The summed E-state index contributed by atoms with van der Waals surface area (Å²) in [6, 6.07) is 6.90. The first-order valence-corrected chi connectivity index (χ1v) is 6.64. The van der Waals surface area contributed by atoms with Crippen LogP contribution in [0.2, 0.25) is 5.02 Å². The third kappa shape index (κ3) is 3.13. The largest absolute Gasteiger partial charge is 0.483 e. The number of carboxylic acid groups (broad SMARTS) is 1. The maximum atomic E-state index is 11.3. The molecule has 2 rings (SSSR count). The fraction of sp³-hybridized carbons (Fsp3) is 0.385. The summed E-state index contributed by atoms with van der Waals surface area (Å²) in [7, 11) is 0. The van der Waals surface area contributed by atoms with E-state index in [2.05, 4.69) is 15.5 Å². The summed E-state index contributed by atoms with van der Waals surface area (Å²) < 4.78 is 6.96. The van der Waals surface area contributed by atoms with Gasteiger partial charge in [0.25, 0.3) is 0 Å². The second-order valence-electron chi connectivity index (χ2n) is 5.03. The molecule has 112 valence electrons. The number of hydrogen-bond donors (Lipinski definition) is 1. The maximum absolute atomic E-state index is 11.3. The van der Waals surface area contributed by atoms with Crippen molar-refractivity contribution in [3.8, 4) is 5.75 Å². The average Bonchev–Trinajstić information content (AvgIpc) is 2.88. The van der Waals surface area contributed by atoms with E-state index in [1.165, 1.54) is 18.5 Å². The van der Waals surface area contributed by atoms with E-state index in [1.54, 1.807) is 31.2 Å². The lowest BCUT2D eigenvalue weighted by molar-refractivity contribution is -0.146. The SMILES string of the molecule is CC(Oc1cccc(Cl)c1)c1nnnn1C(C)(C)C(=O)O. The van der Waals surface area contributed by atoms with E-state index in [9.17, 15) is 9.90 Å². The van der Waals surface area contributed by atoms with Crippen LogP contribution in [0.3, 0.4) is 0 Å². The lowest BCUT2D eigenvalue weighted by Gasteiger charge is -2.22. The second-order valence-corrected chi connectivity index (χ2v) is 5.47. The van der Waals surface area contributed by atoms with E-state index in [-0.39, 0.29) is 0 Å². The summed E-state index contributed by atoms with van der Waals surface area (Å²) in [5.74, 6) is -0.161. The van der Waals surface area contributed by atoms with Crippen molar-refractivity contribution in [3.05, 3.63) is 35.1 Å². The van der Waals surface area contributed by atoms with Crippen LogP contribution in [0.1, 0.15) is 32.7 Å². The van der Waals surface area contributed by atoms with E-state index >= 15 is 0 Å². The minimum Gasteiger partial charge on any atom is -0.483 e. The molecule has 1 unspecified atom stereocenters. The van der Waals surface area contributed by atoms with Gasteiger partial charge in [-0.05, 0) is 49.4 Å². The Morgan fingerprint density at radius 2 is 2.19 bits per heavy atom. The molecule has 0 bridgehead atoms. The Kier molecular flexibility index (Phi) is 4.13. The smallest absolute Gasteiger partial charge is 0.331 e. The molecule has 21 heavy (non-hydrogen) atoms. The van der Waals surface area contributed by atoms with Crippen molar-refractivity contribution in [2.24, 2.45) is 0 Å². The fourth-order valence-corrected chi connectivity index (χ4v) is 1.91. The molecule has 0 amide bonds. The zero-order valence-corrected chi connectivity index (χ0v) is 12.6. The van der Waals surface area contributed by atoms with Gasteiger partial charge in [0.2, 0.25) is 0 Å². The molecule has 1 heterocycles. The van der Waals surface area contributed by atoms with Crippen LogP contribution in [-0.2, 0) is 10.3 Å². The minimum atomic E-state index is -1.27. The number of ether oxygens (including phenoxy) is 1. The minimum absolute atomic E-state index is 0.322. The number of hydrogen-bond acceptors (Lipinski definition) is 5. The monoisotopic (exact) mass is 310 g/mol. The molecule has 8 heteroatoms. The fourth-order valence-electron chi connectivity index (χ4n) is 1.73. The Balaban J connectivity index is 2.27. The van der Waals surface area contributed by atoms with Gasteiger partial charge in [0.05, 0.1) is 0 Å². The molecule has 1 aromatic heterocycles. The first-order chi connectivity index (χ1) is 9.82. The van der Waals surface area contributed by atoms with Crippen molar-refractivity contribution in [3.63, 3.8) is 0 Å². The van der Waals surface area contributed by atoms with Gasteiger partial charge in [-0.1, -0.05) is 17.7 Å². The van der Waals surface area contributed by atoms with Crippen LogP contribution in [-0.4, -0.2) is 31.3 Å². The van der Waals surface area contributed by atoms with Crippen molar-refractivity contribution in [2.75, 3.05) is 0 Å². The summed E-state index contributed by atoms with van der Waals surface area (Å²) in [5.41, 5.74) is -1.27. The molecule has 0 aliphatic rings. The van der Waals surface area contributed by atoms with Gasteiger partial charge in [-0.2, -0.15) is 0 Å². The van der Waals surface area contributed by atoms with Gasteiger partial charge < -0.3 is 9.84 Å². The number of carbonyl (C=O) groups is 1. The molecule has 1 aromatic carbocycles. The maximum Gasteiger partial charge on any atom is 0.331 e. The Hall–Kier alpha value is -2.15. The van der Waals surface area contributed by atoms with Crippen LogP contribution >= 0.6 is 11.6 Å². The van der Waals surface area contributed by atoms with Crippen molar-refractivity contribution in [1.82, 2.24) is 20.2 Å². The standard InChI is InChI=1S/C13H15ClN4O3/c1-8(21-10-6-4-5-9(14)7-10)11-15-16-17-18(11)13(2,3)12(19)20/h4-8H,1-3H3,(H,19,20). The Morgan fingerprint density at radius 1 is 1.48 bits per heavy atom. The van der Waals surface area contributed by atoms with Gasteiger partial charge in [0.1, 0.15) is 5.75 Å². The molecule has 0 saturated heterocycles. The lowest BCUT2D eigenvalue weighted by Crippen LogP contribution is -2.38. The zero-order valence-electron chi connectivity index (χ0n) is 11.8. The van der Waals surface area contributed by atoms with Crippen LogP contribution in [0, 0.1) is 0 Å². The third-order valence-corrected chi connectivity index (χ3v) is 3.25. The molecular weight excluding hydrogens is 296 g/mol. The van der Waals surface area contributed by atoms with E-state index in [0.717, 1.165) is 0 Å². The summed E-state index contributed by atoms with van der Waals surface area (Å²) in [4.78, 5) is 11.3. The highest BCUT2D eigenvalue weighted by atomic mass is 35.5. The first kappa shape index (κ1) is 15.2. The van der Waals surface area contributed by atoms with E-state index in [0.29, 0.717) is 16.6 Å². The zero-order chi connectivity index (χ0) is 15.6. The van der Waals surface area contributed by atoms with Crippen LogP contribution in [0.5, 0.6) is 5.75 Å². The Bertz CT molecular complexity index is 656. The molecule has 0 radical (unpaired) electrons.